The fourth-order valence-corrected chi connectivity index (χ4v) is 2.06. The van der Waals surface area contributed by atoms with Crippen molar-refractivity contribution < 1.29 is 9.90 Å². The topological polar surface area (TPSA) is 55.1 Å². The number of carboxylic acid groups (broad SMARTS) is 1. The number of aromatic nitrogens is 2. The molecule has 0 aliphatic carbocycles. The largest absolute Gasteiger partial charge is 0.476 e. The minimum atomic E-state index is -1.05. The van der Waals surface area contributed by atoms with Crippen molar-refractivity contribution in [3.63, 3.8) is 0 Å². The SMILES string of the molecule is CC1CCc2nc(C(=O)O)c(Cl)n2C1. The second kappa shape index (κ2) is 3.28. The molecule has 0 amide bonds. The molecule has 0 radical (unpaired) electrons. The van der Waals surface area contributed by atoms with Crippen LogP contribution in [0.5, 0.6) is 0 Å². The summed E-state index contributed by atoms with van der Waals surface area (Å²) in [7, 11) is 0. The van der Waals surface area contributed by atoms with Gasteiger partial charge in [0, 0.05) is 13.0 Å². The fraction of sp³-hybridized carbons (Fsp3) is 0.556. The number of hydrogen-bond acceptors (Lipinski definition) is 2. The number of nitrogens with zero attached hydrogens (tertiary/aromatic N) is 2. The minimum absolute atomic E-state index is 0.0178. The number of aryl methyl sites for hydroxylation is 1. The van der Waals surface area contributed by atoms with Crippen molar-refractivity contribution in [1.82, 2.24) is 9.55 Å². The highest BCUT2D eigenvalue weighted by atomic mass is 35.5. The number of rotatable bonds is 1. The van der Waals surface area contributed by atoms with E-state index in [1.165, 1.54) is 0 Å². The molecule has 5 heteroatoms. The summed E-state index contributed by atoms with van der Waals surface area (Å²) in [5.41, 5.74) is -0.0178. The maximum atomic E-state index is 10.8. The molecular formula is C9H11ClN2O2. The molecule has 0 aromatic carbocycles. The highest BCUT2D eigenvalue weighted by Crippen LogP contribution is 2.26. The van der Waals surface area contributed by atoms with E-state index in [2.05, 4.69) is 11.9 Å². The standard InChI is InChI=1S/C9H11ClN2O2/c1-5-2-3-6-11-7(9(13)14)8(10)12(6)4-5/h5H,2-4H2,1H3,(H,13,14). The third kappa shape index (κ3) is 1.39. The van der Waals surface area contributed by atoms with E-state index < -0.39 is 5.97 Å². The summed E-state index contributed by atoms with van der Waals surface area (Å²) < 4.78 is 1.80. The molecule has 1 aliphatic rings. The lowest BCUT2D eigenvalue weighted by Crippen LogP contribution is -2.17. The van der Waals surface area contributed by atoms with Gasteiger partial charge in [-0.2, -0.15) is 0 Å². The number of imidazole rings is 1. The van der Waals surface area contributed by atoms with Gasteiger partial charge >= 0.3 is 5.97 Å². The van der Waals surface area contributed by atoms with Gasteiger partial charge in [-0.1, -0.05) is 18.5 Å². The van der Waals surface area contributed by atoms with Gasteiger partial charge < -0.3 is 9.67 Å². The first-order valence-electron chi connectivity index (χ1n) is 4.57. The first kappa shape index (κ1) is 9.52. The second-order valence-electron chi connectivity index (χ2n) is 3.73. The Hall–Kier alpha value is -1.03. The van der Waals surface area contributed by atoms with Crippen molar-refractivity contribution in [2.75, 3.05) is 0 Å². The number of aromatic carboxylic acids is 1. The highest BCUT2D eigenvalue weighted by molar-refractivity contribution is 6.32. The van der Waals surface area contributed by atoms with Gasteiger partial charge in [0.2, 0.25) is 0 Å². The van der Waals surface area contributed by atoms with Crippen molar-refractivity contribution in [3.8, 4) is 0 Å². The predicted octanol–water partition coefficient (Wildman–Crippen LogP) is 1.82. The molecule has 1 atom stereocenters. The number of halogens is 1. The van der Waals surface area contributed by atoms with Gasteiger partial charge in [0.1, 0.15) is 11.0 Å². The minimum Gasteiger partial charge on any atom is -0.476 e. The molecule has 1 N–H and O–H groups in total. The summed E-state index contributed by atoms with van der Waals surface area (Å²) in [6.07, 6.45) is 1.86. The molecular weight excluding hydrogens is 204 g/mol. The summed E-state index contributed by atoms with van der Waals surface area (Å²) in [5.74, 6) is 0.283. The molecule has 1 aromatic rings. The molecule has 2 heterocycles. The van der Waals surface area contributed by atoms with Crippen LogP contribution in [0.25, 0.3) is 0 Å². The lowest BCUT2D eigenvalue weighted by atomic mass is 10.0. The zero-order valence-corrected chi connectivity index (χ0v) is 8.58. The van der Waals surface area contributed by atoms with Crippen molar-refractivity contribution in [1.29, 1.82) is 0 Å². The molecule has 76 valence electrons. The predicted molar refractivity (Wildman–Crippen MR) is 51.7 cm³/mol. The third-order valence-corrected chi connectivity index (χ3v) is 2.93. The van der Waals surface area contributed by atoms with Gasteiger partial charge in [0.25, 0.3) is 0 Å². The summed E-state index contributed by atoms with van der Waals surface area (Å²) in [6.45, 7) is 2.90. The van der Waals surface area contributed by atoms with E-state index in [0.29, 0.717) is 5.92 Å². The van der Waals surface area contributed by atoms with Crippen LogP contribution in [-0.2, 0) is 13.0 Å². The molecule has 0 saturated carbocycles. The third-order valence-electron chi connectivity index (χ3n) is 2.54. The van der Waals surface area contributed by atoms with Gasteiger partial charge in [-0.3, -0.25) is 0 Å². The first-order chi connectivity index (χ1) is 6.59. The quantitative estimate of drug-likeness (QED) is 0.776. The summed E-state index contributed by atoms with van der Waals surface area (Å²) in [4.78, 5) is 14.8. The molecule has 0 bridgehead atoms. The molecule has 1 aromatic heterocycles. The molecule has 0 fully saturated rings. The summed E-state index contributed by atoms with van der Waals surface area (Å²) in [5, 5.41) is 9.08. The Morgan fingerprint density at radius 3 is 3.07 bits per heavy atom. The van der Waals surface area contributed by atoms with E-state index >= 15 is 0 Å². The fourth-order valence-electron chi connectivity index (χ4n) is 1.77. The van der Waals surface area contributed by atoms with E-state index in [1.807, 2.05) is 0 Å². The molecule has 1 unspecified atom stereocenters. The zero-order chi connectivity index (χ0) is 10.3. The van der Waals surface area contributed by atoms with E-state index in [0.717, 1.165) is 25.2 Å². The van der Waals surface area contributed by atoms with E-state index in [4.69, 9.17) is 16.7 Å². The van der Waals surface area contributed by atoms with Crippen LogP contribution < -0.4 is 0 Å². The van der Waals surface area contributed by atoms with E-state index in [9.17, 15) is 4.79 Å². The lowest BCUT2D eigenvalue weighted by molar-refractivity contribution is 0.0691. The molecule has 14 heavy (non-hydrogen) atoms. The Kier molecular flexibility index (Phi) is 2.23. The lowest BCUT2D eigenvalue weighted by Gasteiger charge is -2.20. The van der Waals surface area contributed by atoms with Crippen LogP contribution in [0.3, 0.4) is 0 Å². The number of carboxylic acids is 1. The van der Waals surface area contributed by atoms with Gasteiger partial charge in [-0.05, 0) is 12.3 Å². The van der Waals surface area contributed by atoms with Gasteiger partial charge in [0.15, 0.2) is 5.69 Å². The highest BCUT2D eigenvalue weighted by Gasteiger charge is 2.24. The van der Waals surface area contributed by atoms with Crippen LogP contribution >= 0.6 is 11.6 Å². The molecule has 0 saturated heterocycles. The molecule has 2 rings (SSSR count). The molecule has 4 nitrogen and oxygen atoms in total. The Morgan fingerprint density at radius 1 is 1.71 bits per heavy atom. The van der Waals surface area contributed by atoms with Crippen LogP contribution in [0.1, 0.15) is 29.7 Å². The summed E-state index contributed by atoms with van der Waals surface area (Å²) in [6, 6.07) is 0. The smallest absolute Gasteiger partial charge is 0.357 e. The van der Waals surface area contributed by atoms with Crippen LogP contribution in [-0.4, -0.2) is 20.6 Å². The zero-order valence-electron chi connectivity index (χ0n) is 7.83. The van der Waals surface area contributed by atoms with Gasteiger partial charge in [0.05, 0.1) is 0 Å². The monoisotopic (exact) mass is 214 g/mol. The van der Waals surface area contributed by atoms with E-state index in [-0.39, 0.29) is 10.8 Å². The van der Waals surface area contributed by atoms with Gasteiger partial charge in [-0.15, -0.1) is 0 Å². The van der Waals surface area contributed by atoms with Crippen LogP contribution in [0.4, 0.5) is 0 Å². The maximum Gasteiger partial charge on any atom is 0.357 e. The Bertz CT molecular complexity index is 386. The second-order valence-corrected chi connectivity index (χ2v) is 4.09. The molecule has 0 spiro atoms. The van der Waals surface area contributed by atoms with E-state index in [1.54, 1.807) is 4.57 Å². The Morgan fingerprint density at radius 2 is 2.43 bits per heavy atom. The van der Waals surface area contributed by atoms with Crippen molar-refractivity contribution in [2.45, 2.75) is 26.3 Å². The normalized spacial score (nSPS) is 20.6. The average Bonchev–Trinajstić information content (AvgIpc) is 2.44. The van der Waals surface area contributed by atoms with Crippen molar-refractivity contribution in [2.24, 2.45) is 5.92 Å². The number of hydrogen-bond donors (Lipinski definition) is 1. The van der Waals surface area contributed by atoms with Crippen LogP contribution in [0.2, 0.25) is 5.15 Å². The molecule has 1 aliphatic heterocycles. The maximum absolute atomic E-state index is 10.8. The van der Waals surface area contributed by atoms with Crippen LogP contribution in [0, 0.1) is 5.92 Å². The number of fused-ring (bicyclic) bond motifs is 1. The van der Waals surface area contributed by atoms with Crippen molar-refractivity contribution in [3.05, 3.63) is 16.7 Å². The van der Waals surface area contributed by atoms with Crippen LogP contribution in [0.15, 0.2) is 0 Å². The Balaban J connectivity index is 2.46. The van der Waals surface area contributed by atoms with Crippen molar-refractivity contribution >= 4 is 17.6 Å². The first-order valence-corrected chi connectivity index (χ1v) is 4.95. The summed E-state index contributed by atoms with van der Waals surface area (Å²) >= 11 is 5.92. The van der Waals surface area contributed by atoms with Gasteiger partial charge in [-0.25, -0.2) is 9.78 Å². The Labute approximate surface area is 86.5 Å². The average molecular weight is 215 g/mol. The number of carbonyl (C=O) groups is 1.